The van der Waals surface area contributed by atoms with E-state index >= 15 is 0 Å². The summed E-state index contributed by atoms with van der Waals surface area (Å²) in [5, 5.41) is 0. The Bertz CT molecular complexity index is 1180. The monoisotopic (exact) mass is 620 g/mol. The average Bonchev–Trinajstić information content (AvgIpc) is 2.95. The highest BCUT2D eigenvalue weighted by molar-refractivity contribution is 8.22. The second-order valence-corrected chi connectivity index (χ2v) is 18.8. The number of hydrogen-bond donors (Lipinski definition) is 0. The van der Waals surface area contributed by atoms with Gasteiger partial charge in [0, 0.05) is 11.5 Å². The first-order valence-electron chi connectivity index (χ1n) is 15.2. The molecular formula is C33H52O5S2Si. The van der Waals surface area contributed by atoms with Crippen molar-refractivity contribution in [2.24, 2.45) is 22.7 Å². The van der Waals surface area contributed by atoms with Crippen molar-refractivity contribution in [3.05, 3.63) is 51.9 Å². The minimum atomic E-state index is -1.83. The summed E-state index contributed by atoms with van der Waals surface area (Å²) in [6.07, 6.45) is 8.13. The largest absolute Gasteiger partial charge is 0.469 e. The topological polar surface area (TPSA) is 57.9 Å². The molecule has 0 spiro atoms. The number of thiocarbonyl (C=S) groups is 1. The molecule has 0 amide bonds. The molecule has 0 aliphatic heterocycles. The van der Waals surface area contributed by atoms with Gasteiger partial charge in [0.2, 0.25) is 4.38 Å². The molecule has 2 fully saturated rings. The lowest BCUT2D eigenvalue weighted by Crippen LogP contribution is -2.59. The quantitative estimate of drug-likeness (QED) is 0.139. The third kappa shape index (κ3) is 6.18. The van der Waals surface area contributed by atoms with E-state index in [1.165, 1.54) is 18.9 Å². The number of fused-ring (bicyclic) bond motifs is 1. The molecule has 2 saturated carbocycles. The Balaban J connectivity index is 2.21. The van der Waals surface area contributed by atoms with Crippen molar-refractivity contribution in [2.45, 2.75) is 111 Å². The van der Waals surface area contributed by atoms with E-state index in [2.05, 4.69) is 53.9 Å². The zero-order valence-electron chi connectivity index (χ0n) is 26.8. The molecule has 0 saturated heterocycles. The van der Waals surface area contributed by atoms with E-state index in [1.54, 1.807) is 13.8 Å². The molecule has 3 rings (SSSR count). The van der Waals surface area contributed by atoms with E-state index in [9.17, 15) is 4.79 Å². The zero-order valence-corrected chi connectivity index (χ0v) is 29.4. The van der Waals surface area contributed by atoms with Gasteiger partial charge in [-0.25, -0.2) is 0 Å². The molecule has 2 aliphatic rings. The maximum Gasteiger partial charge on any atom is 0.295 e. The summed E-state index contributed by atoms with van der Waals surface area (Å²) in [5.41, 5.74) is 1.62. The molecule has 41 heavy (non-hydrogen) atoms. The van der Waals surface area contributed by atoms with Gasteiger partial charge in [-0.3, -0.25) is 4.79 Å². The van der Waals surface area contributed by atoms with Crippen LogP contribution in [0, 0.1) is 36.5 Å². The average molecular weight is 621 g/mol. The van der Waals surface area contributed by atoms with Crippen molar-refractivity contribution in [3.63, 3.8) is 0 Å². The fraction of sp³-hybridized carbons (Fsp3) is 0.697. The minimum absolute atomic E-state index is 0.103. The van der Waals surface area contributed by atoms with Crippen molar-refractivity contribution in [1.82, 2.24) is 0 Å². The van der Waals surface area contributed by atoms with Crippen LogP contribution in [0.15, 0.2) is 34.0 Å². The summed E-state index contributed by atoms with van der Waals surface area (Å²) in [5.74, 6) is 0.903. The van der Waals surface area contributed by atoms with Crippen LogP contribution < -0.4 is 10.2 Å². The molecule has 1 heterocycles. The number of methoxy groups -OCH3 is 1. The van der Waals surface area contributed by atoms with Crippen LogP contribution in [0.1, 0.15) is 89.7 Å². The summed E-state index contributed by atoms with van der Waals surface area (Å²) in [7, 11) is -0.296. The molecule has 1 aromatic rings. The predicted molar refractivity (Wildman–Crippen MR) is 179 cm³/mol. The maximum atomic E-state index is 13.9. The molecule has 0 radical (unpaired) electrons. The summed E-state index contributed by atoms with van der Waals surface area (Å²) in [4.78, 5) is 13.9. The van der Waals surface area contributed by atoms with Crippen LogP contribution in [0.3, 0.4) is 0 Å². The first-order chi connectivity index (χ1) is 19.3. The molecule has 0 N–H and O–H groups in total. The highest BCUT2D eigenvalue weighted by Gasteiger charge is 2.61. The Morgan fingerprint density at radius 3 is 2.39 bits per heavy atom. The second-order valence-electron chi connectivity index (χ2n) is 12.6. The number of thioether (sulfide) groups is 1. The van der Waals surface area contributed by atoms with Gasteiger partial charge in [-0.1, -0.05) is 64.6 Å². The zero-order chi connectivity index (χ0) is 30.8. The highest BCUT2D eigenvalue weighted by atomic mass is 32.2. The molecule has 0 bridgehead atoms. The van der Waals surface area contributed by atoms with E-state index in [0.29, 0.717) is 27.2 Å². The Kier molecular flexibility index (Phi) is 11.3. The molecule has 6 atom stereocenters. The van der Waals surface area contributed by atoms with Gasteiger partial charge in [0.15, 0.2) is 13.7 Å². The van der Waals surface area contributed by atoms with E-state index in [0.717, 1.165) is 55.8 Å². The van der Waals surface area contributed by atoms with Crippen LogP contribution in [-0.2, 0) is 9.16 Å². The molecule has 8 heteroatoms. The number of allylic oxidation sites excluding steroid dienone is 1. The van der Waals surface area contributed by atoms with Crippen molar-refractivity contribution in [1.29, 1.82) is 0 Å². The van der Waals surface area contributed by atoms with Gasteiger partial charge >= 0.3 is 0 Å². The Labute approximate surface area is 259 Å². The van der Waals surface area contributed by atoms with Gasteiger partial charge in [0.05, 0.1) is 13.2 Å². The van der Waals surface area contributed by atoms with E-state index in [-0.39, 0.29) is 34.2 Å². The lowest BCUT2D eigenvalue weighted by molar-refractivity contribution is -0.142. The van der Waals surface area contributed by atoms with Crippen LogP contribution in [0.25, 0.3) is 0 Å². The van der Waals surface area contributed by atoms with E-state index in [4.69, 9.17) is 30.5 Å². The number of rotatable bonds is 11. The maximum absolute atomic E-state index is 13.9. The first kappa shape index (κ1) is 34.1. The van der Waals surface area contributed by atoms with E-state index < -0.39 is 14.4 Å². The summed E-state index contributed by atoms with van der Waals surface area (Å²) in [6, 6.07) is 3.39. The number of hydrogen-bond acceptors (Lipinski definition) is 7. The van der Waals surface area contributed by atoms with Crippen LogP contribution in [-0.4, -0.2) is 32.2 Å². The number of ether oxygens (including phenoxy) is 2. The van der Waals surface area contributed by atoms with Crippen LogP contribution in [0.5, 0.6) is 5.95 Å². The molecule has 1 unspecified atom stereocenters. The number of aryl methyl sites for hydroxylation is 1. The van der Waals surface area contributed by atoms with Crippen LogP contribution in [0.2, 0.25) is 18.1 Å². The second kappa shape index (κ2) is 13.5. The van der Waals surface area contributed by atoms with Gasteiger partial charge in [-0.2, -0.15) is 0 Å². The fourth-order valence-corrected chi connectivity index (χ4v) is 11.4. The molecular weight excluding hydrogens is 569 g/mol. The van der Waals surface area contributed by atoms with Gasteiger partial charge < -0.3 is 18.3 Å². The molecule has 2 aliphatic carbocycles. The SMILES string of the molecule is C=CC[C@@]1(C)[C@@H]2CCC(=C)[C@@H](C(OC(=S)SC)c3c(OC)oc(C)c(C)c3=O)[C@@]2(C)CC[C@@H]1O[Si](CC)(CC)CC. The van der Waals surface area contributed by atoms with Crippen molar-refractivity contribution in [3.8, 4) is 5.95 Å². The normalized spacial score (nSPS) is 29.0. The minimum Gasteiger partial charge on any atom is -0.469 e. The van der Waals surface area contributed by atoms with Gasteiger partial charge in [-0.05, 0) is 99.3 Å². The van der Waals surface area contributed by atoms with Gasteiger partial charge in [-0.15, -0.1) is 6.58 Å². The summed E-state index contributed by atoms with van der Waals surface area (Å²) < 4.78 is 26.0. The first-order valence-corrected chi connectivity index (χ1v) is 19.4. The molecule has 1 aromatic heterocycles. The summed E-state index contributed by atoms with van der Waals surface area (Å²) >= 11 is 6.99. The molecule has 0 aromatic carbocycles. The molecule has 230 valence electrons. The van der Waals surface area contributed by atoms with Crippen molar-refractivity contribution >= 4 is 36.7 Å². The van der Waals surface area contributed by atoms with Crippen molar-refractivity contribution in [2.75, 3.05) is 13.4 Å². The highest BCUT2D eigenvalue weighted by Crippen LogP contribution is 2.65. The standard InChI is InChI=1S/C33H52O5S2Si/c1-12-19-32(8)24-17-16-21(5)27(33(24,9)20-18-25(32)38-41(13-2,14-3)15-4)29(37-31(39)40-11)26-28(34)22(6)23(7)36-30(26)35-10/h12,24-25,27,29H,1,5,13-20H2,2-4,6-11H3/t24-,25-,27-,29?,32-,33-/m0/s1. The van der Waals surface area contributed by atoms with Crippen LogP contribution >= 0.6 is 24.0 Å². The molecule has 5 nitrogen and oxygen atoms in total. The van der Waals surface area contributed by atoms with Gasteiger partial charge in [0.1, 0.15) is 17.4 Å². The predicted octanol–water partition coefficient (Wildman–Crippen LogP) is 9.33. The van der Waals surface area contributed by atoms with E-state index in [1.807, 2.05) is 6.26 Å². The lowest BCUT2D eigenvalue weighted by Gasteiger charge is -2.62. The Hall–Kier alpha value is -1.35. The van der Waals surface area contributed by atoms with Crippen LogP contribution in [0.4, 0.5) is 0 Å². The summed E-state index contributed by atoms with van der Waals surface area (Å²) in [6.45, 7) is 24.1. The Morgan fingerprint density at radius 1 is 1.22 bits per heavy atom. The third-order valence-electron chi connectivity index (χ3n) is 10.8. The Morgan fingerprint density at radius 2 is 1.85 bits per heavy atom. The third-order valence-corrected chi connectivity index (χ3v) is 16.5. The lowest BCUT2D eigenvalue weighted by atomic mass is 9.45. The van der Waals surface area contributed by atoms with Gasteiger partial charge in [0.25, 0.3) is 5.95 Å². The fourth-order valence-electron chi connectivity index (χ4n) is 8.11. The smallest absolute Gasteiger partial charge is 0.295 e. The van der Waals surface area contributed by atoms with Crippen molar-refractivity contribution < 1.29 is 18.3 Å².